The van der Waals surface area contributed by atoms with Crippen molar-refractivity contribution in [2.45, 2.75) is 6.67 Å². The molecule has 33 heavy (non-hydrogen) atoms. The molecule has 0 amide bonds. The molecule has 0 radical (unpaired) electrons. The van der Waals surface area contributed by atoms with E-state index >= 15 is 0 Å². The Morgan fingerprint density at radius 1 is 0.909 bits per heavy atom. The minimum Gasteiger partial charge on any atom is -0.508 e. The number of benzene rings is 2. The van der Waals surface area contributed by atoms with Gasteiger partial charge in [0.25, 0.3) is 0 Å². The molecule has 1 aliphatic heterocycles. The number of pyridine rings is 1. The fourth-order valence-electron chi connectivity index (χ4n) is 3.97. The van der Waals surface area contributed by atoms with Gasteiger partial charge in [-0.25, -0.2) is 9.67 Å². The van der Waals surface area contributed by atoms with E-state index in [0.717, 1.165) is 53.5 Å². The first kappa shape index (κ1) is 21.8. The molecule has 0 bridgehead atoms. The van der Waals surface area contributed by atoms with Crippen LogP contribution in [0.5, 0.6) is 5.75 Å². The molecule has 7 nitrogen and oxygen atoms in total. The summed E-state index contributed by atoms with van der Waals surface area (Å²) in [5.74, 6) is 1.98. The summed E-state index contributed by atoms with van der Waals surface area (Å²) in [7, 11) is 0. The Morgan fingerprint density at radius 2 is 1.64 bits per heavy atom. The molecule has 0 aliphatic carbocycles. The van der Waals surface area contributed by atoms with Crippen LogP contribution in [0, 0.1) is 4.77 Å². The third-order valence-corrected chi connectivity index (χ3v) is 6.65. The van der Waals surface area contributed by atoms with E-state index in [4.69, 9.17) is 17.3 Å². The molecule has 1 fully saturated rings. The Morgan fingerprint density at radius 3 is 2.30 bits per heavy atom. The maximum absolute atomic E-state index is 9.73. The molecular formula is C24H23BrN6OS. The molecule has 0 atom stereocenters. The summed E-state index contributed by atoms with van der Waals surface area (Å²) in [6.07, 6.45) is 1.83. The van der Waals surface area contributed by atoms with Crippen LogP contribution in [0.3, 0.4) is 0 Å². The number of hydrogen-bond donors (Lipinski definition) is 1. The molecule has 1 aliphatic rings. The average Bonchev–Trinajstić information content (AvgIpc) is 3.17. The van der Waals surface area contributed by atoms with Gasteiger partial charge in [0, 0.05) is 42.4 Å². The fourth-order valence-corrected chi connectivity index (χ4v) is 4.52. The van der Waals surface area contributed by atoms with Crippen molar-refractivity contribution in [3.63, 3.8) is 0 Å². The maximum atomic E-state index is 9.73. The SMILES string of the molecule is Oc1ccc(-c2nn(CN3CCN(c4ccccn4)CC3)c(=S)n2-c2ccc(Br)cc2)cc1. The second-order valence-corrected chi connectivity index (χ2v) is 9.18. The van der Waals surface area contributed by atoms with Crippen LogP contribution in [0.4, 0.5) is 5.82 Å². The van der Waals surface area contributed by atoms with Gasteiger partial charge in [0.2, 0.25) is 4.77 Å². The predicted molar refractivity (Wildman–Crippen MR) is 135 cm³/mol. The Balaban J connectivity index is 1.42. The highest BCUT2D eigenvalue weighted by Crippen LogP contribution is 2.26. The van der Waals surface area contributed by atoms with Gasteiger partial charge in [0.15, 0.2) is 5.82 Å². The number of halogens is 1. The lowest BCUT2D eigenvalue weighted by Crippen LogP contribution is -2.47. The summed E-state index contributed by atoms with van der Waals surface area (Å²) in [5.41, 5.74) is 1.83. The van der Waals surface area contributed by atoms with E-state index in [1.807, 2.05) is 64.0 Å². The maximum Gasteiger partial charge on any atom is 0.204 e. The van der Waals surface area contributed by atoms with Gasteiger partial charge in [0.05, 0.1) is 12.4 Å². The molecule has 5 rings (SSSR count). The lowest BCUT2D eigenvalue weighted by molar-refractivity contribution is 0.194. The van der Waals surface area contributed by atoms with Gasteiger partial charge < -0.3 is 10.0 Å². The molecule has 0 spiro atoms. The number of phenols is 1. The summed E-state index contributed by atoms with van der Waals surface area (Å²) in [4.78, 5) is 9.13. The minimum absolute atomic E-state index is 0.220. The van der Waals surface area contributed by atoms with Crippen LogP contribution in [0.25, 0.3) is 17.1 Å². The van der Waals surface area contributed by atoms with Gasteiger partial charge in [-0.05, 0) is 72.9 Å². The number of nitrogens with zero attached hydrogens (tertiary/aromatic N) is 6. The smallest absolute Gasteiger partial charge is 0.204 e. The highest BCUT2D eigenvalue weighted by Gasteiger charge is 2.21. The Hall–Kier alpha value is -3.01. The normalized spacial score (nSPS) is 14.5. The largest absolute Gasteiger partial charge is 0.508 e. The summed E-state index contributed by atoms with van der Waals surface area (Å²) >= 11 is 9.38. The van der Waals surface area contributed by atoms with Crippen LogP contribution in [0.1, 0.15) is 0 Å². The van der Waals surface area contributed by atoms with Crippen molar-refractivity contribution in [3.05, 3.63) is 82.2 Å². The lowest BCUT2D eigenvalue weighted by atomic mass is 10.2. The van der Waals surface area contributed by atoms with Gasteiger partial charge in [0.1, 0.15) is 11.6 Å². The van der Waals surface area contributed by atoms with E-state index in [9.17, 15) is 5.11 Å². The zero-order valence-electron chi connectivity index (χ0n) is 17.9. The molecule has 4 aromatic rings. The first-order valence-electron chi connectivity index (χ1n) is 10.7. The first-order valence-corrected chi connectivity index (χ1v) is 11.9. The predicted octanol–water partition coefficient (Wildman–Crippen LogP) is 4.71. The number of anilines is 1. The summed E-state index contributed by atoms with van der Waals surface area (Å²) in [5, 5.41) is 14.6. The van der Waals surface area contributed by atoms with E-state index in [0.29, 0.717) is 11.4 Å². The van der Waals surface area contributed by atoms with Gasteiger partial charge in [-0.3, -0.25) is 9.47 Å². The van der Waals surface area contributed by atoms with Crippen LogP contribution >= 0.6 is 28.1 Å². The molecule has 168 valence electrons. The van der Waals surface area contributed by atoms with Crippen LogP contribution in [0.2, 0.25) is 0 Å². The molecule has 3 heterocycles. The fraction of sp³-hybridized carbons (Fsp3) is 0.208. The highest BCUT2D eigenvalue weighted by molar-refractivity contribution is 9.10. The monoisotopic (exact) mass is 522 g/mol. The third kappa shape index (κ3) is 4.71. The minimum atomic E-state index is 0.220. The second-order valence-electron chi connectivity index (χ2n) is 7.90. The topological polar surface area (TPSA) is 62.4 Å². The number of hydrogen-bond acceptors (Lipinski definition) is 6. The van der Waals surface area contributed by atoms with E-state index < -0.39 is 0 Å². The van der Waals surface area contributed by atoms with Gasteiger partial charge in [-0.2, -0.15) is 0 Å². The number of piperazine rings is 1. The highest BCUT2D eigenvalue weighted by atomic mass is 79.9. The van der Waals surface area contributed by atoms with Gasteiger partial charge in [-0.15, -0.1) is 5.10 Å². The lowest BCUT2D eigenvalue weighted by Gasteiger charge is -2.35. The van der Waals surface area contributed by atoms with Crippen LogP contribution in [0.15, 0.2) is 77.4 Å². The average molecular weight is 523 g/mol. The molecule has 2 aromatic carbocycles. The van der Waals surface area contributed by atoms with Crippen molar-refractivity contribution in [3.8, 4) is 22.8 Å². The molecule has 0 saturated carbocycles. The Bertz CT molecular complexity index is 1280. The summed E-state index contributed by atoms with van der Waals surface area (Å²) in [6.45, 7) is 4.23. The van der Waals surface area contributed by atoms with E-state index in [-0.39, 0.29) is 5.75 Å². The van der Waals surface area contributed by atoms with Crippen molar-refractivity contribution >= 4 is 34.0 Å². The number of rotatable bonds is 5. The first-order chi connectivity index (χ1) is 16.1. The van der Waals surface area contributed by atoms with E-state index in [1.54, 1.807) is 12.1 Å². The zero-order valence-corrected chi connectivity index (χ0v) is 20.3. The van der Waals surface area contributed by atoms with Crippen molar-refractivity contribution < 1.29 is 5.11 Å². The Labute approximate surface area is 205 Å². The Kier molecular flexibility index (Phi) is 6.26. The summed E-state index contributed by atoms with van der Waals surface area (Å²) < 4.78 is 5.50. The number of aromatic hydroxyl groups is 1. The van der Waals surface area contributed by atoms with Gasteiger partial charge >= 0.3 is 0 Å². The molecule has 1 N–H and O–H groups in total. The third-order valence-electron chi connectivity index (χ3n) is 5.73. The van der Waals surface area contributed by atoms with Crippen molar-refractivity contribution in [1.29, 1.82) is 0 Å². The van der Waals surface area contributed by atoms with Crippen LogP contribution < -0.4 is 4.90 Å². The summed E-state index contributed by atoms with van der Waals surface area (Å²) in [6, 6.07) is 21.1. The van der Waals surface area contributed by atoms with Gasteiger partial charge in [-0.1, -0.05) is 22.0 Å². The number of phenolic OH excluding ortho intramolecular Hbond substituents is 1. The number of aromatic nitrogens is 4. The second kappa shape index (κ2) is 9.46. The van der Waals surface area contributed by atoms with Crippen molar-refractivity contribution in [1.82, 2.24) is 24.2 Å². The van der Waals surface area contributed by atoms with E-state index in [2.05, 4.69) is 36.8 Å². The zero-order chi connectivity index (χ0) is 22.8. The molecule has 9 heteroatoms. The molecule has 0 unspecified atom stereocenters. The van der Waals surface area contributed by atoms with Crippen molar-refractivity contribution in [2.24, 2.45) is 0 Å². The van der Waals surface area contributed by atoms with Crippen LogP contribution in [-0.2, 0) is 6.67 Å². The standard InChI is InChI=1S/C24H23BrN6OS/c25-19-6-8-20(9-7-19)31-23(18-4-10-21(32)11-5-18)27-30(24(31)33)17-28-13-15-29(16-14-28)22-3-1-2-12-26-22/h1-12,32H,13-17H2. The quantitative estimate of drug-likeness (QED) is 0.383. The molecule has 1 saturated heterocycles. The van der Waals surface area contributed by atoms with Crippen LogP contribution in [-0.4, -0.2) is 55.5 Å². The van der Waals surface area contributed by atoms with E-state index in [1.165, 1.54) is 0 Å². The molecular weight excluding hydrogens is 500 g/mol. The van der Waals surface area contributed by atoms with Crippen molar-refractivity contribution in [2.75, 3.05) is 31.1 Å². The molecule has 2 aromatic heterocycles.